The predicted octanol–water partition coefficient (Wildman–Crippen LogP) is 1.40. The van der Waals surface area contributed by atoms with Crippen molar-refractivity contribution in [2.24, 2.45) is 0 Å². The van der Waals surface area contributed by atoms with Crippen molar-refractivity contribution in [1.82, 2.24) is 5.32 Å². The Bertz CT molecular complexity index is 149. The molecule has 2 nitrogen and oxygen atoms in total. The highest BCUT2D eigenvalue weighted by Crippen LogP contribution is 2.20. The van der Waals surface area contributed by atoms with Crippen molar-refractivity contribution in [2.75, 3.05) is 0 Å². The summed E-state index contributed by atoms with van der Waals surface area (Å²) in [4.78, 5) is 10.6. The topological polar surface area (TPSA) is 29.1 Å². The summed E-state index contributed by atoms with van der Waals surface area (Å²) in [5, 5.41) is 2.62. The van der Waals surface area contributed by atoms with E-state index in [1.165, 1.54) is 6.92 Å². The van der Waals surface area contributed by atoms with E-state index >= 15 is 0 Å². The van der Waals surface area contributed by atoms with E-state index in [0.717, 1.165) is 19.3 Å². The molecule has 0 aromatic rings. The minimum Gasteiger partial charge on any atom is -0.351 e. The van der Waals surface area contributed by atoms with Gasteiger partial charge in [-0.1, -0.05) is 12.8 Å². The zero-order chi connectivity index (χ0) is 8.27. The van der Waals surface area contributed by atoms with E-state index in [-0.39, 0.29) is 11.9 Å². The van der Waals surface area contributed by atoms with Crippen LogP contribution in [0, 0.1) is 0 Å². The van der Waals surface area contributed by atoms with Crippen LogP contribution >= 0.6 is 0 Å². The standard InChI is InChI=1S/C8H14FNO/c1-6(11)10-8-5-3-2-4-7(8)9/h7-8H,2-5H2,1H3,(H,10,11)/t7-,8-/m1/s1. The van der Waals surface area contributed by atoms with E-state index in [0.29, 0.717) is 6.42 Å². The molecule has 1 rings (SSSR count). The SMILES string of the molecule is CC(=O)N[C@@H]1CCCC[C@H]1F. The highest BCUT2D eigenvalue weighted by atomic mass is 19.1. The number of hydrogen-bond donors (Lipinski definition) is 1. The molecule has 1 saturated carbocycles. The first-order valence-corrected chi connectivity index (χ1v) is 4.11. The van der Waals surface area contributed by atoms with Crippen LogP contribution in [0.4, 0.5) is 4.39 Å². The maximum Gasteiger partial charge on any atom is 0.217 e. The van der Waals surface area contributed by atoms with E-state index < -0.39 is 6.17 Å². The van der Waals surface area contributed by atoms with Gasteiger partial charge in [-0.25, -0.2) is 4.39 Å². The van der Waals surface area contributed by atoms with Crippen LogP contribution in [0.1, 0.15) is 32.6 Å². The minimum atomic E-state index is -0.826. The molecule has 1 amide bonds. The van der Waals surface area contributed by atoms with Crippen molar-refractivity contribution in [3.63, 3.8) is 0 Å². The van der Waals surface area contributed by atoms with Crippen LogP contribution in [-0.4, -0.2) is 18.1 Å². The monoisotopic (exact) mass is 159 g/mol. The molecule has 2 atom stereocenters. The van der Waals surface area contributed by atoms with Gasteiger partial charge in [0.1, 0.15) is 6.17 Å². The number of carbonyl (C=O) groups excluding carboxylic acids is 1. The van der Waals surface area contributed by atoms with E-state index in [2.05, 4.69) is 5.32 Å². The number of halogens is 1. The molecule has 0 heterocycles. The highest BCUT2D eigenvalue weighted by molar-refractivity contribution is 5.73. The molecular weight excluding hydrogens is 145 g/mol. The lowest BCUT2D eigenvalue weighted by Gasteiger charge is -2.25. The third-order valence-corrected chi connectivity index (χ3v) is 2.07. The Balaban J connectivity index is 2.35. The van der Waals surface area contributed by atoms with Crippen LogP contribution < -0.4 is 5.32 Å². The first-order valence-electron chi connectivity index (χ1n) is 4.11. The lowest BCUT2D eigenvalue weighted by molar-refractivity contribution is -0.120. The summed E-state index contributed by atoms with van der Waals surface area (Å²) in [5.74, 6) is -0.125. The van der Waals surface area contributed by atoms with Gasteiger partial charge in [-0.05, 0) is 12.8 Å². The summed E-state index contributed by atoms with van der Waals surface area (Å²) >= 11 is 0. The first kappa shape index (κ1) is 8.50. The van der Waals surface area contributed by atoms with Gasteiger partial charge in [0.15, 0.2) is 0 Å². The van der Waals surface area contributed by atoms with Gasteiger partial charge in [0.2, 0.25) is 5.91 Å². The third kappa shape index (κ3) is 2.48. The van der Waals surface area contributed by atoms with Gasteiger partial charge in [0.05, 0.1) is 6.04 Å². The zero-order valence-electron chi connectivity index (χ0n) is 6.77. The Kier molecular flexibility index (Phi) is 2.85. The fourth-order valence-electron chi connectivity index (χ4n) is 1.51. The molecule has 0 aliphatic heterocycles. The molecule has 0 bridgehead atoms. The first-order chi connectivity index (χ1) is 5.20. The molecule has 3 heteroatoms. The fourth-order valence-corrected chi connectivity index (χ4v) is 1.51. The summed E-state index contributed by atoms with van der Waals surface area (Å²) in [7, 11) is 0. The van der Waals surface area contributed by atoms with Crippen LogP contribution in [0.5, 0.6) is 0 Å². The fraction of sp³-hybridized carbons (Fsp3) is 0.875. The molecular formula is C8H14FNO. The van der Waals surface area contributed by atoms with Crippen molar-refractivity contribution in [2.45, 2.75) is 44.8 Å². The number of hydrogen-bond acceptors (Lipinski definition) is 1. The Hall–Kier alpha value is -0.600. The number of alkyl halides is 1. The summed E-state index contributed by atoms with van der Waals surface area (Å²) < 4.78 is 13.0. The Morgan fingerprint density at radius 2 is 2.09 bits per heavy atom. The summed E-state index contributed by atoms with van der Waals surface area (Å²) in [6.07, 6.45) is 2.56. The zero-order valence-corrected chi connectivity index (χ0v) is 6.77. The van der Waals surface area contributed by atoms with E-state index in [9.17, 15) is 9.18 Å². The Morgan fingerprint density at radius 3 is 2.64 bits per heavy atom. The normalized spacial score (nSPS) is 31.5. The van der Waals surface area contributed by atoms with E-state index in [1.54, 1.807) is 0 Å². The molecule has 11 heavy (non-hydrogen) atoms. The molecule has 0 aromatic heterocycles. The van der Waals surface area contributed by atoms with Crippen molar-refractivity contribution >= 4 is 5.91 Å². The van der Waals surface area contributed by atoms with Crippen molar-refractivity contribution in [3.05, 3.63) is 0 Å². The van der Waals surface area contributed by atoms with Crippen LogP contribution in [0.2, 0.25) is 0 Å². The lowest BCUT2D eigenvalue weighted by atomic mass is 9.94. The van der Waals surface area contributed by atoms with Crippen molar-refractivity contribution in [1.29, 1.82) is 0 Å². The minimum absolute atomic E-state index is 0.125. The van der Waals surface area contributed by atoms with E-state index in [1.807, 2.05) is 0 Å². The molecule has 1 aliphatic carbocycles. The van der Waals surface area contributed by atoms with Gasteiger partial charge in [-0.2, -0.15) is 0 Å². The van der Waals surface area contributed by atoms with Crippen LogP contribution in [0.25, 0.3) is 0 Å². The Morgan fingerprint density at radius 1 is 1.45 bits per heavy atom. The molecule has 0 saturated heterocycles. The second-order valence-electron chi connectivity index (χ2n) is 3.11. The molecule has 0 aromatic carbocycles. The van der Waals surface area contributed by atoms with Crippen molar-refractivity contribution < 1.29 is 9.18 Å². The van der Waals surface area contributed by atoms with Gasteiger partial charge in [0, 0.05) is 6.92 Å². The van der Waals surface area contributed by atoms with Gasteiger partial charge in [-0.15, -0.1) is 0 Å². The maximum atomic E-state index is 13.0. The van der Waals surface area contributed by atoms with Crippen LogP contribution in [0.3, 0.4) is 0 Å². The average Bonchev–Trinajstić information content (AvgIpc) is 1.93. The van der Waals surface area contributed by atoms with Gasteiger partial charge in [-0.3, -0.25) is 4.79 Å². The highest BCUT2D eigenvalue weighted by Gasteiger charge is 2.24. The number of carbonyl (C=O) groups is 1. The molecule has 1 fully saturated rings. The Labute approximate surface area is 66.2 Å². The van der Waals surface area contributed by atoms with Gasteiger partial charge >= 0.3 is 0 Å². The summed E-state index contributed by atoms with van der Waals surface area (Å²) in [5.41, 5.74) is 0. The summed E-state index contributed by atoms with van der Waals surface area (Å²) in [6, 6.07) is -0.221. The third-order valence-electron chi connectivity index (χ3n) is 2.07. The molecule has 1 N–H and O–H groups in total. The van der Waals surface area contributed by atoms with Gasteiger partial charge < -0.3 is 5.32 Å². The smallest absolute Gasteiger partial charge is 0.217 e. The molecule has 0 spiro atoms. The quantitative estimate of drug-likeness (QED) is 0.615. The van der Waals surface area contributed by atoms with Gasteiger partial charge in [0.25, 0.3) is 0 Å². The molecule has 0 radical (unpaired) electrons. The number of rotatable bonds is 1. The van der Waals surface area contributed by atoms with Crippen molar-refractivity contribution in [3.8, 4) is 0 Å². The van der Waals surface area contributed by atoms with E-state index in [4.69, 9.17) is 0 Å². The molecule has 64 valence electrons. The predicted molar refractivity (Wildman–Crippen MR) is 41.0 cm³/mol. The maximum absolute atomic E-state index is 13.0. The second kappa shape index (κ2) is 3.69. The number of nitrogens with one attached hydrogen (secondary N) is 1. The molecule has 1 aliphatic rings. The molecule has 0 unspecified atom stereocenters. The second-order valence-corrected chi connectivity index (χ2v) is 3.11. The van der Waals surface area contributed by atoms with Crippen LogP contribution in [0.15, 0.2) is 0 Å². The number of amides is 1. The summed E-state index contributed by atoms with van der Waals surface area (Å²) in [6.45, 7) is 1.43. The lowest BCUT2D eigenvalue weighted by Crippen LogP contribution is -2.42. The average molecular weight is 159 g/mol. The van der Waals surface area contributed by atoms with Crippen LogP contribution in [-0.2, 0) is 4.79 Å². The largest absolute Gasteiger partial charge is 0.351 e.